The second-order valence-electron chi connectivity index (χ2n) is 5.36. The van der Waals surface area contributed by atoms with E-state index in [2.05, 4.69) is 9.82 Å². The van der Waals surface area contributed by atoms with Crippen LogP contribution in [0, 0.1) is 6.92 Å². The highest BCUT2D eigenvalue weighted by Gasteiger charge is 2.19. The molecular formula is C15H15ClN4O4S. The van der Waals surface area contributed by atoms with E-state index in [1.54, 1.807) is 13.0 Å². The van der Waals surface area contributed by atoms with E-state index < -0.39 is 10.0 Å². The van der Waals surface area contributed by atoms with Gasteiger partial charge in [-0.3, -0.25) is 13.9 Å². The molecule has 0 saturated carbocycles. The Morgan fingerprint density at radius 3 is 2.64 bits per heavy atom. The predicted octanol–water partition coefficient (Wildman–Crippen LogP) is 1.80. The summed E-state index contributed by atoms with van der Waals surface area (Å²) in [6.07, 6.45) is 1.35. The normalized spacial score (nSPS) is 11.7. The van der Waals surface area contributed by atoms with E-state index in [-0.39, 0.29) is 26.7 Å². The summed E-state index contributed by atoms with van der Waals surface area (Å²) >= 11 is 6.01. The first kappa shape index (κ1) is 17.3. The molecule has 132 valence electrons. The summed E-state index contributed by atoms with van der Waals surface area (Å²) < 4.78 is 35.3. The maximum absolute atomic E-state index is 12.6. The van der Waals surface area contributed by atoms with Gasteiger partial charge in [-0.2, -0.15) is 5.10 Å². The Labute approximate surface area is 148 Å². The van der Waals surface area contributed by atoms with Gasteiger partial charge in [-0.1, -0.05) is 11.6 Å². The van der Waals surface area contributed by atoms with Crippen LogP contribution in [0.4, 0.5) is 5.69 Å². The van der Waals surface area contributed by atoms with E-state index in [9.17, 15) is 13.2 Å². The maximum atomic E-state index is 12.6. The van der Waals surface area contributed by atoms with Gasteiger partial charge in [-0.15, -0.1) is 0 Å². The average molecular weight is 383 g/mol. The van der Waals surface area contributed by atoms with Crippen LogP contribution in [0.25, 0.3) is 5.52 Å². The summed E-state index contributed by atoms with van der Waals surface area (Å²) in [5.74, 6) is 0.926. The molecular weight excluding hydrogens is 368 g/mol. The van der Waals surface area contributed by atoms with Crippen LogP contribution in [-0.2, 0) is 17.1 Å². The van der Waals surface area contributed by atoms with E-state index in [1.165, 1.54) is 43.0 Å². The summed E-state index contributed by atoms with van der Waals surface area (Å²) in [5, 5.41) is 4.31. The zero-order chi connectivity index (χ0) is 18.4. The van der Waals surface area contributed by atoms with Crippen molar-refractivity contribution in [2.24, 2.45) is 7.05 Å². The number of nitrogens with zero attached hydrogens (tertiary/aromatic N) is 3. The summed E-state index contributed by atoms with van der Waals surface area (Å²) in [7, 11) is -0.929. The average Bonchev–Trinajstić information content (AvgIpc) is 2.99. The lowest BCUT2D eigenvalue weighted by atomic mass is 10.3. The highest BCUT2D eigenvalue weighted by molar-refractivity contribution is 7.92. The third-order valence-electron chi connectivity index (χ3n) is 3.67. The minimum atomic E-state index is -3.90. The number of hydrogen-bond acceptors (Lipinski definition) is 5. The van der Waals surface area contributed by atoms with Crippen LogP contribution in [-0.4, -0.2) is 29.7 Å². The Kier molecular flexibility index (Phi) is 4.21. The monoisotopic (exact) mass is 382 g/mol. The van der Waals surface area contributed by atoms with Gasteiger partial charge in [0, 0.05) is 13.2 Å². The third kappa shape index (κ3) is 3.08. The number of methoxy groups -OCH3 is 1. The van der Waals surface area contributed by atoms with Crippen LogP contribution >= 0.6 is 11.6 Å². The Morgan fingerprint density at radius 2 is 2.00 bits per heavy atom. The number of ether oxygens (including phenoxy) is 1. The number of aryl methyl sites for hydroxylation is 2. The number of sulfonamides is 1. The van der Waals surface area contributed by atoms with Gasteiger partial charge in [0.25, 0.3) is 15.6 Å². The minimum Gasteiger partial charge on any atom is -0.495 e. The predicted molar refractivity (Wildman–Crippen MR) is 94.0 cm³/mol. The van der Waals surface area contributed by atoms with E-state index in [0.29, 0.717) is 11.6 Å². The van der Waals surface area contributed by atoms with Crippen molar-refractivity contribution in [3.8, 4) is 5.75 Å². The fourth-order valence-electron chi connectivity index (χ4n) is 2.44. The number of benzene rings is 1. The molecule has 1 aromatic carbocycles. The third-order valence-corrected chi connectivity index (χ3v) is 5.31. The van der Waals surface area contributed by atoms with Gasteiger partial charge < -0.3 is 4.74 Å². The van der Waals surface area contributed by atoms with Crippen LogP contribution in [0.1, 0.15) is 5.82 Å². The zero-order valence-electron chi connectivity index (χ0n) is 13.6. The Bertz CT molecular complexity index is 1130. The zero-order valence-corrected chi connectivity index (χ0v) is 15.2. The molecule has 0 aliphatic heterocycles. The first-order valence-corrected chi connectivity index (χ1v) is 9.01. The second-order valence-corrected chi connectivity index (χ2v) is 7.45. The number of halogens is 1. The maximum Gasteiger partial charge on any atom is 0.290 e. The van der Waals surface area contributed by atoms with Crippen molar-refractivity contribution in [1.82, 2.24) is 14.2 Å². The molecule has 0 radical (unpaired) electrons. The fraction of sp³-hybridized carbons (Fsp3) is 0.200. The van der Waals surface area contributed by atoms with Crippen LogP contribution in [0.3, 0.4) is 0 Å². The molecule has 0 fully saturated rings. The van der Waals surface area contributed by atoms with Gasteiger partial charge in [0.05, 0.1) is 17.8 Å². The largest absolute Gasteiger partial charge is 0.495 e. The Morgan fingerprint density at radius 1 is 1.28 bits per heavy atom. The lowest BCUT2D eigenvalue weighted by Crippen LogP contribution is -2.22. The summed E-state index contributed by atoms with van der Waals surface area (Å²) in [6.45, 7) is 1.68. The first-order valence-electron chi connectivity index (χ1n) is 7.15. The molecule has 3 rings (SSSR count). The van der Waals surface area contributed by atoms with Gasteiger partial charge in [0.2, 0.25) is 0 Å². The van der Waals surface area contributed by atoms with E-state index in [0.717, 1.165) is 4.68 Å². The van der Waals surface area contributed by atoms with Crippen molar-refractivity contribution >= 4 is 32.8 Å². The molecule has 0 aliphatic rings. The van der Waals surface area contributed by atoms with Crippen LogP contribution in [0.2, 0.25) is 5.02 Å². The smallest absolute Gasteiger partial charge is 0.290 e. The minimum absolute atomic E-state index is 0.0485. The summed E-state index contributed by atoms with van der Waals surface area (Å²) in [4.78, 5) is 12.1. The summed E-state index contributed by atoms with van der Waals surface area (Å²) in [5.41, 5.74) is 0.117. The summed E-state index contributed by atoms with van der Waals surface area (Å²) in [6, 6.07) is 5.84. The van der Waals surface area contributed by atoms with Crippen molar-refractivity contribution in [3.63, 3.8) is 0 Å². The van der Waals surface area contributed by atoms with E-state index in [4.69, 9.17) is 16.3 Å². The van der Waals surface area contributed by atoms with E-state index in [1.807, 2.05) is 0 Å². The number of fused-ring (bicyclic) bond motifs is 1. The van der Waals surface area contributed by atoms with Crippen molar-refractivity contribution in [1.29, 1.82) is 0 Å². The SMILES string of the molecule is COc1ccc(NS(=O)(=O)c2cc3c(=O)n(C)nc(C)n3c2)cc1Cl. The van der Waals surface area contributed by atoms with Gasteiger partial charge >= 0.3 is 0 Å². The van der Waals surface area contributed by atoms with Gasteiger partial charge in [0.15, 0.2) is 0 Å². The topological polar surface area (TPSA) is 94.7 Å². The lowest BCUT2D eigenvalue weighted by molar-refractivity contribution is 0.415. The number of rotatable bonds is 4. The number of nitrogens with one attached hydrogen (secondary N) is 1. The van der Waals surface area contributed by atoms with Crippen molar-refractivity contribution in [3.05, 3.63) is 51.7 Å². The molecule has 0 aliphatic carbocycles. The highest BCUT2D eigenvalue weighted by atomic mass is 35.5. The van der Waals surface area contributed by atoms with Crippen molar-refractivity contribution in [2.75, 3.05) is 11.8 Å². The molecule has 2 aromatic heterocycles. The molecule has 0 spiro atoms. The molecule has 3 aromatic rings. The number of aromatic nitrogens is 3. The molecule has 1 N–H and O–H groups in total. The molecule has 10 heteroatoms. The number of anilines is 1. The van der Waals surface area contributed by atoms with Crippen LogP contribution in [0.5, 0.6) is 5.75 Å². The highest BCUT2D eigenvalue weighted by Crippen LogP contribution is 2.28. The Hall–Kier alpha value is -2.52. The van der Waals surface area contributed by atoms with E-state index >= 15 is 0 Å². The van der Waals surface area contributed by atoms with Crippen LogP contribution < -0.4 is 15.0 Å². The molecule has 25 heavy (non-hydrogen) atoms. The first-order chi connectivity index (χ1) is 11.7. The van der Waals surface area contributed by atoms with Gasteiger partial charge in [-0.25, -0.2) is 13.1 Å². The molecule has 2 heterocycles. The molecule has 0 amide bonds. The molecule has 0 unspecified atom stereocenters. The molecule has 8 nitrogen and oxygen atoms in total. The quantitative estimate of drug-likeness (QED) is 0.742. The molecule has 0 saturated heterocycles. The second kappa shape index (κ2) is 6.08. The van der Waals surface area contributed by atoms with Crippen molar-refractivity contribution < 1.29 is 13.2 Å². The molecule has 0 bridgehead atoms. The number of hydrogen-bond donors (Lipinski definition) is 1. The Balaban J connectivity index is 2.04. The molecule has 0 atom stereocenters. The van der Waals surface area contributed by atoms with Crippen LogP contribution in [0.15, 0.2) is 40.2 Å². The fourth-order valence-corrected chi connectivity index (χ4v) is 3.76. The van der Waals surface area contributed by atoms with Gasteiger partial charge in [-0.05, 0) is 31.2 Å². The van der Waals surface area contributed by atoms with Gasteiger partial charge in [0.1, 0.15) is 22.0 Å². The lowest BCUT2D eigenvalue weighted by Gasteiger charge is -2.08. The van der Waals surface area contributed by atoms with Crippen molar-refractivity contribution in [2.45, 2.75) is 11.8 Å². The standard InChI is InChI=1S/C15H15ClN4O4S/c1-9-17-19(2)15(21)13-7-11(8-20(9)13)25(22,23)18-10-4-5-14(24-3)12(16)6-10/h4-8,18H,1-3H3.